The number of esters is 1. The van der Waals surface area contributed by atoms with E-state index in [1.165, 1.54) is 22.8 Å². The van der Waals surface area contributed by atoms with Gasteiger partial charge in [-0.15, -0.1) is 11.3 Å². The number of hydrogen-bond donors (Lipinski definition) is 0. The summed E-state index contributed by atoms with van der Waals surface area (Å²) in [5.41, 5.74) is 0. The van der Waals surface area contributed by atoms with Gasteiger partial charge in [0.2, 0.25) is 10.0 Å². The molecule has 2 rings (SSSR count). The molecule has 0 aliphatic carbocycles. The van der Waals surface area contributed by atoms with Crippen LogP contribution in [0.4, 0.5) is 0 Å². The second-order valence-corrected chi connectivity index (χ2v) is 9.44. The molecule has 1 aromatic rings. The van der Waals surface area contributed by atoms with Crippen LogP contribution in [0.5, 0.6) is 0 Å². The van der Waals surface area contributed by atoms with E-state index in [0.29, 0.717) is 11.4 Å². The first-order chi connectivity index (χ1) is 9.27. The predicted octanol–water partition coefficient (Wildman–Crippen LogP) is 2.25. The van der Waals surface area contributed by atoms with Gasteiger partial charge in [-0.25, -0.2) is 8.42 Å². The first-order valence-corrected chi connectivity index (χ1v) is 9.16. The molecule has 0 saturated carbocycles. The normalized spacial score (nSPS) is 24.0. The van der Waals surface area contributed by atoms with Crippen molar-refractivity contribution in [2.75, 3.05) is 20.2 Å². The molecule has 2 unspecified atom stereocenters. The molecule has 1 aromatic heterocycles. The molecule has 2 atom stereocenters. The van der Waals surface area contributed by atoms with Crippen LogP contribution in [0, 0.1) is 18.8 Å². The summed E-state index contributed by atoms with van der Waals surface area (Å²) in [5, 5.41) is 0. The van der Waals surface area contributed by atoms with E-state index in [2.05, 4.69) is 15.9 Å². The van der Waals surface area contributed by atoms with Crippen LogP contribution in [0.25, 0.3) is 0 Å². The Kier molecular flexibility index (Phi) is 4.58. The second-order valence-electron chi connectivity index (χ2n) is 4.90. The van der Waals surface area contributed by atoms with Crippen molar-refractivity contribution in [1.82, 2.24) is 4.31 Å². The van der Waals surface area contributed by atoms with E-state index in [1.807, 2.05) is 6.92 Å². The monoisotopic (exact) mass is 381 g/mol. The number of sulfonamides is 1. The SMILES string of the molecule is COC(=O)C1CN(S(=O)(=O)c2cc(Br)sc2C)CC1C. The molecule has 0 aromatic carbocycles. The first kappa shape index (κ1) is 15.9. The molecule has 8 heteroatoms. The van der Waals surface area contributed by atoms with Gasteiger partial charge in [-0.05, 0) is 34.8 Å². The van der Waals surface area contributed by atoms with Crippen LogP contribution >= 0.6 is 27.3 Å². The minimum absolute atomic E-state index is 0.0420. The Labute approximate surface area is 131 Å². The highest BCUT2D eigenvalue weighted by Crippen LogP contribution is 2.35. The van der Waals surface area contributed by atoms with Crippen molar-refractivity contribution >= 4 is 43.3 Å². The molecule has 1 fully saturated rings. The van der Waals surface area contributed by atoms with Gasteiger partial charge >= 0.3 is 5.97 Å². The molecule has 0 radical (unpaired) electrons. The summed E-state index contributed by atoms with van der Waals surface area (Å²) in [6, 6.07) is 1.62. The lowest BCUT2D eigenvalue weighted by Gasteiger charge is -2.15. The van der Waals surface area contributed by atoms with Gasteiger partial charge in [0.15, 0.2) is 0 Å². The fraction of sp³-hybridized carbons (Fsp3) is 0.583. The maximum atomic E-state index is 12.6. The molecule has 5 nitrogen and oxygen atoms in total. The molecular formula is C12H16BrNO4S2. The lowest BCUT2D eigenvalue weighted by Crippen LogP contribution is -2.30. The first-order valence-electron chi connectivity index (χ1n) is 6.11. The number of ether oxygens (including phenoxy) is 1. The molecule has 20 heavy (non-hydrogen) atoms. The third kappa shape index (κ3) is 2.79. The van der Waals surface area contributed by atoms with E-state index in [4.69, 9.17) is 4.74 Å². The molecular weight excluding hydrogens is 366 g/mol. The highest BCUT2D eigenvalue weighted by Gasteiger charge is 2.41. The third-order valence-electron chi connectivity index (χ3n) is 3.54. The lowest BCUT2D eigenvalue weighted by atomic mass is 9.99. The van der Waals surface area contributed by atoms with Gasteiger partial charge in [-0.3, -0.25) is 4.79 Å². The number of thiophene rings is 1. The molecule has 112 valence electrons. The summed E-state index contributed by atoms with van der Waals surface area (Å²) < 4.78 is 32.2. The molecule has 0 bridgehead atoms. The highest BCUT2D eigenvalue weighted by molar-refractivity contribution is 9.11. The molecule has 0 spiro atoms. The number of halogens is 1. The quantitative estimate of drug-likeness (QED) is 0.753. The average Bonchev–Trinajstić information content (AvgIpc) is 2.92. The van der Waals surface area contributed by atoms with E-state index >= 15 is 0 Å². The van der Waals surface area contributed by atoms with Crippen molar-refractivity contribution in [2.45, 2.75) is 18.7 Å². The van der Waals surface area contributed by atoms with Crippen molar-refractivity contribution in [3.05, 3.63) is 14.7 Å². The Balaban J connectivity index is 2.29. The van der Waals surface area contributed by atoms with Gasteiger partial charge in [0, 0.05) is 18.0 Å². The minimum Gasteiger partial charge on any atom is -0.469 e. The second kappa shape index (κ2) is 5.75. The van der Waals surface area contributed by atoms with Crippen LogP contribution in [0.15, 0.2) is 14.7 Å². The van der Waals surface area contributed by atoms with Gasteiger partial charge < -0.3 is 4.74 Å². The zero-order chi connectivity index (χ0) is 15.1. The zero-order valence-corrected chi connectivity index (χ0v) is 14.6. The van der Waals surface area contributed by atoms with Crippen LogP contribution in [0.3, 0.4) is 0 Å². The molecule has 0 amide bonds. The third-order valence-corrected chi connectivity index (χ3v) is 7.18. The van der Waals surface area contributed by atoms with E-state index in [1.54, 1.807) is 13.0 Å². The summed E-state index contributed by atoms with van der Waals surface area (Å²) in [4.78, 5) is 12.7. The van der Waals surface area contributed by atoms with Crippen molar-refractivity contribution in [3.63, 3.8) is 0 Å². The maximum absolute atomic E-state index is 12.6. The van der Waals surface area contributed by atoms with Crippen molar-refractivity contribution in [2.24, 2.45) is 11.8 Å². The Morgan fingerprint density at radius 1 is 1.50 bits per heavy atom. The fourth-order valence-electron chi connectivity index (χ4n) is 2.40. The summed E-state index contributed by atoms with van der Waals surface area (Å²) in [5.74, 6) is -0.782. The molecule has 1 aliphatic rings. The number of aryl methyl sites for hydroxylation is 1. The number of carbonyl (C=O) groups excluding carboxylic acids is 1. The summed E-state index contributed by atoms with van der Waals surface area (Å²) in [6.07, 6.45) is 0. The molecule has 1 saturated heterocycles. The standard InChI is InChI=1S/C12H16BrNO4S2/c1-7-5-14(6-9(7)12(15)18-3)20(16,17)10-4-11(13)19-8(10)2/h4,7,9H,5-6H2,1-3H3. The Morgan fingerprint density at radius 3 is 2.65 bits per heavy atom. The molecule has 1 aliphatic heterocycles. The Bertz CT molecular complexity index is 625. The van der Waals surface area contributed by atoms with E-state index < -0.39 is 15.9 Å². The number of methoxy groups -OCH3 is 1. The topological polar surface area (TPSA) is 63.7 Å². The van der Waals surface area contributed by atoms with E-state index in [-0.39, 0.29) is 18.4 Å². The van der Waals surface area contributed by atoms with Crippen LogP contribution in [0.2, 0.25) is 0 Å². The number of nitrogens with zero attached hydrogens (tertiary/aromatic N) is 1. The number of carbonyl (C=O) groups is 1. The predicted molar refractivity (Wildman–Crippen MR) is 80.2 cm³/mol. The van der Waals surface area contributed by atoms with Crippen LogP contribution in [-0.2, 0) is 19.6 Å². The Hall–Kier alpha value is -0.440. The molecule has 0 N–H and O–H groups in total. The average molecular weight is 382 g/mol. The van der Waals surface area contributed by atoms with E-state index in [0.717, 1.165) is 8.66 Å². The van der Waals surface area contributed by atoms with Gasteiger partial charge in [-0.2, -0.15) is 4.31 Å². The largest absolute Gasteiger partial charge is 0.469 e. The summed E-state index contributed by atoms with van der Waals surface area (Å²) >= 11 is 4.69. The number of hydrogen-bond acceptors (Lipinski definition) is 5. The zero-order valence-electron chi connectivity index (χ0n) is 11.4. The van der Waals surface area contributed by atoms with Crippen LogP contribution < -0.4 is 0 Å². The van der Waals surface area contributed by atoms with Crippen LogP contribution in [0.1, 0.15) is 11.8 Å². The van der Waals surface area contributed by atoms with Gasteiger partial charge in [0.1, 0.15) is 0 Å². The lowest BCUT2D eigenvalue weighted by molar-refractivity contribution is -0.145. The summed E-state index contributed by atoms with van der Waals surface area (Å²) in [6.45, 7) is 4.17. The van der Waals surface area contributed by atoms with E-state index in [9.17, 15) is 13.2 Å². The van der Waals surface area contributed by atoms with Crippen LogP contribution in [-0.4, -0.2) is 38.9 Å². The molecule has 2 heterocycles. The Morgan fingerprint density at radius 2 is 2.15 bits per heavy atom. The van der Waals surface area contributed by atoms with Crippen molar-refractivity contribution in [1.29, 1.82) is 0 Å². The maximum Gasteiger partial charge on any atom is 0.310 e. The van der Waals surface area contributed by atoms with Gasteiger partial charge in [0.05, 0.1) is 21.7 Å². The number of rotatable bonds is 3. The van der Waals surface area contributed by atoms with Gasteiger partial charge in [0.25, 0.3) is 0 Å². The van der Waals surface area contributed by atoms with Crippen molar-refractivity contribution in [3.8, 4) is 0 Å². The minimum atomic E-state index is -3.55. The summed E-state index contributed by atoms with van der Waals surface area (Å²) in [7, 11) is -2.22. The highest BCUT2D eigenvalue weighted by atomic mass is 79.9. The fourth-order valence-corrected chi connectivity index (χ4v) is 6.35. The van der Waals surface area contributed by atoms with Gasteiger partial charge in [-0.1, -0.05) is 6.92 Å². The van der Waals surface area contributed by atoms with Crippen molar-refractivity contribution < 1.29 is 17.9 Å². The smallest absolute Gasteiger partial charge is 0.310 e.